The maximum absolute atomic E-state index is 12.8. The highest BCUT2D eigenvalue weighted by Gasteiger charge is 2.21. The van der Waals surface area contributed by atoms with Gasteiger partial charge in [-0.3, -0.25) is 9.59 Å². The molecule has 1 aromatic carbocycles. The first kappa shape index (κ1) is 19.3. The summed E-state index contributed by atoms with van der Waals surface area (Å²) in [5.41, 5.74) is 2.90. The van der Waals surface area contributed by atoms with Gasteiger partial charge in [-0.1, -0.05) is 0 Å². The molecule has 2 heterocycles. The minimum absolute atomic E-state index is 0.0626. The number of ether oxygens (including phenoxy) is 2. The van der Waals surface area contributed by atoms with Crippen molar-refractivity contribution in [1.82, 2.24) is 9.88 Å². The molecule has 2 aromatic rings. The minimum Gasteiger partial charge on any atom is -0.496 e. The lowest BCUT2D eigenvalue weighted by Gasteiger charge is -2.27. The highest BCUT2D eigenvalue weighted by atomic mass is 16.5. The number of aromatic nitrogens is 1. The lowest BCUT2D eigenvalue weighted by atomic mass is 10.0. The molecule has 1 aliphatic rings. The first-order valence-electron chi connectivity index (χ1n) is 9.52. The molecule has 0 radical (unpaired) electrons. The lowest BCUT2D eigenvalue weighted by molar-refractivity contribution is -0.132. The van der Waals surface area contributed by atoms with Crippen LogP contribution in [0.25, 0.3) is 10.9 Å². The van der Waals surface area contributed by atoms with Crippen LogP contribution in [0.3, 0.4) is 0 Å². The van der Waals surface area contributed by atoms with E-state index in [0.717, 1.165) is 37.2 Å². The number of hydrogen-bond acceptors (Lipinski definition) is 4. The number of piperidine rings is 1. The summed E-state index contributed by atoms with van der Waals surface area (Å²) < 4.78 is 11.1. The average Bonchev–Trinajstić information content (AvgIpc) is 2.69. The largest absolute Gasteiger partial charge is 0.496 e. The smallest absolute Gasteiger partial charge is 0.222 e. The maximum Gasteiger partial charge on any atom is 0.222 e. The first-order chi connectivity index (χ1) is 13.0. The predicted octanol–water partition coefficient (Wildman–Crippen LogP) is 3.11. The van der Waals surface area contributed by atoms with E-state index in [1.165, 1.54) is 6.42 Å². The molecule has 0 unspecified atom stereocenters. The Hall–Kier alpha value is -2.50. The van der Waals surface area contributed by atoms with Crippen LogP contribution in [0.4, 0.5) is 0 Å². The maximum atomic E-state index is 12.8. The fraction of sp³-hybridized carbons (Fsp3) is 0.524. The Morgan fingerprint density at radius 1 is 1.15 bits per heavy atom. The van der Waals surface area contributed by atoms with Gasteiger partial charge in [-0.05, 0) is 45.6 Å². The Kier molecular flexibility index (Phi) is 5.73. The Morgan fingerprint density at radius 3 is 2.48 bits per heavy atom. The minimum atomic E-state index is -0.0626. The molecule has 1 aromatic heterocycles. The molecule has 0 bridgehead atoms. The number of aromatic amines is 1. The van der Waals surface area contributed by atoms with Crippen LogP contribution in [0.1, 0.15) is 42.5 Å². The number of aryl methyl sites for hydroxylation is 2. The summed E-state index contributed by atoms with van der Waals surface area (Å²) in [5, 5.41) is 0.489. The number of likely N-dealkylation sites (tertiary alicyclic amines) is 1. The Morgan fingerprint density at radius 2 is 1.85 bits per heavy atom. The normalized spacial score (nSPS) is 14.4. The Balaban J connectivity index is 1.99. The van der Waals surface area contributed by atoms with Crippen molar-refractivity contribution in [2.45, 2.75) is 46.0 Å². The molecule has 146 valence electrons. The van der Waals surface area contributed by atoms with Crippen LogP contribution in [0, 0.1) is 13.8 Å². The summed E-state index contributed by atoms with van der Waals surface area (Å²) in [5.74, 6) is 1.29. The van der Waals surface area contributed by atoms with Crippen molar-refractivity contribution < 1.29 is 14.3 Å². The summed E-state index contributed by atoms with van der Waals surface area (Å²) in [7, 11) is 3.14. The first-order valence-corrected chi connectivity index (χ1v) is 9.52. The number of nitrogens with zero attached hydrogens (tertiary/aromatic N) is 1. The summed E-state index contributed by atoms with van der Waals surface area (Å²) >= 11 is 0. The van der Waals surface area contributed by atoms with Gasteiger partial charge in [0, 0.05) is 36.3 Å². The summed E-state index contributed by atoms with van der Waals surface area (Å²) in [6.45, 7) is 5.37. The van der Waals surface area contributed by atoms with Crippen molar-refractivity contribution in [2.24, 2.45) is 0 Å². The van der Waals surface area contributed by atoms with Crippen LogP contribution >= 0.6 is 0 Å². The highest BCUT2D eigenvalue weighted by molar-refractivity contribution is 5.92. The molecular weight excluding hydrogens is 344 g/mol. The number of hydrogen-bond donors (Lipinski definition) is 1. The predicted molar refractivity (Wildman–Crippen MR) is 106 cm³/mol. The lowest BCUT2D eigenvalue weighted by Crippen LogP contribution is -2.35. The molecule has 1 fully saturated rings. The van der Waals surface area contributed by atoms with E-state index in [1.54, 1.807) is 21.1 Å². The molecule has 0 saturated carbocycles. The van der Waals surface area contributed by atoms with Gasteiger partial charge < -0.3 is 19.4 Å². The van der Waals surface area contributed by atoms with Gasteiger partial charge in [0.05, 0.1) is 25.1 Å². The van der Waals surface area contributed by atoms with E-state index in [2.05, 4.69) is 4.98 Å². The summed E-state index contributed by atoms with van der Waals surface area (Å²) in [4.78, 5) is 30.5. The summed E-state index contributed by atoms with van der Waals surface area (Å²) in [6, 6.07) is 1.83. The number of H-pyrrole nitrogens is 1. The van der Waals surface area contributed by atoms with Crippen molar-refractivity contribution >= 4 is 16.8 Å². The van der Waals surface area contributed by atoms with Gasteiger partial charge in [0.1, 0.15) is 11.5 Å². The second-order valence-electron chi connectivity index (χ2n) is 7.17. The van der Waals surface area contributed by atoms with E-state index in [4.69, 9.17) is 9.47 Å². The van der Waals surface area contributed by atoms with E-state index < -0.39 is 0 Å². The Labute approximate surface area is 159 Å². The quantitative estimate of drug-likeness (QED) is 0.875. The van der Waals surface area contributed by atoms with Crippen LogP contribution in [0.5, 0.6) is 11.5 Å². The molecule has 27 heavy (non-hydrogen) atoms. The van der Waals surface area contributed by atoms with Crippen molar-refractivity contribution in [2.75, 3.05) is 27.3 Å². The van der Waals surface area contributed by atoms with Gasteiger partial charge >= 0.3 is 0 Å². The van der Waals surface area contributed by atoms with Crippen LogP contribution < -0.4 is 14.9 Å². The highest BCUT2D eigenvalue weighted by Crippen LogP contribution is 2.35. The molecule has 1 amide bonds. The molecule has 6 heteroatoms. The van der Waals surface area contributed by atoms with E-state index >= 15 is 0 Å². The average molecular weight is 372 g/mol. The molecule has 1 N–H and O–H groups in total. The van der Waals surface area contributed by atoms with E-state index in [-0.39, 0.29) is 11.3 Å². The van der Waals surface area contributed by atoms with Crippen molar-refractivity contribution in [3.8, 4) is 11.5 Å². The van der Waals surface area contributed by atoms with Gasteiger partial charge in [-0.15, -0.1) is 0 Å². The number of rotatable bonds is 5. The number of amides is 1. The van der Waals surface area contributed by atoms with E-state index in [1.807, 2.05) is 17.9 Å². The van der Waals surface area contributed by atoms with Crippen molar-refractivity contribution in [3.63, 3.8) is 0 Å². The second kappa shape index (κ2) is 8.03. The third-order valence-corrected chi connectivity index (χ3v) is 5.50. The molecule has 6 nitrogen and oxygen atoms in total. The van der Waals surface area contributed by atoms with Crippen molar-refractivity contribution in [3.05, 3.63) is 33.1 Å². The number of methoxy groups -OCH3 is 2. The second-order valence-corrected chi connectivity index (χ2v) is 7.17. The zero-order valence-corrected chi connectivity index (χ0v) is 16.6. The van der Waals surface area contributed by atoms with Gasteiger partial charge in [0.2, 0.25) is 5.91 Å². The number of fused-ring (bicyclic) bond motifs is 1. The number of nitrogens with one attached hydrogen (secondary N) is 1. The number of carbonyl (C=O) groups excluding carboxylic acids is 1. The monoisotopic (exact) mass is 372 g/mol. The topological polar surface area (TPSA) is 71.6 Å². The SMILES string of the molecule is COc1c(CCC(=O)N2CCCCC2)cc(OC)c2c(=O)c(C)c(C)[nH]c12. The molecule has 1 aliphatic heterocycles. The zero-order chi connectivity index (χ0) is 19.6. The fourth-order valence-corrected chi connectivity index (χ4v) is 3.80. The standard InChI is InChI=1S/C21H28N2O4/c1-13-14(2)22-19-18(20(13)25)16(26-3)12-15(21(19)27-4)8-9-17(24)23-10-6-5-7-11-23/h12H,5-11H2,1-4H3,(H,22,25). The Bertz CT molecular complexity index is 911. The van der Waals surface area contributed by atoms with Crippen LogP contribution in [0.15, 0.2) is 10.9 Å². The van der Waals surface area contributed by atoms with Gasteiger partial charge in [0.25, 0.3) is 0 Å². The third-order valence-electron chi connectivity index (χ3n) is 5.50. The van der Waals surface area contributed by atoms with Gasteiger partial charge in [0.15, 0.2) is 5.43 Å². The number of benzene rings is 1. The molecule has 1 saturated heterocycles. The molecular formula is C21H28N2O4. The fourth-order valence-electron chi connectivity index (χ4n) is 3.80. The van der Waals surface area contributed by atoms with Gasteiger partial charge in [-0.25, -0.2) is 0 Å². The molecule has 3 rings (SSSR count). The van der Waals surface area contributed by atoms with Crippen LogP contribution in [-0.4, -0.2) is 43.1 Å². The van der Waals surface area contributed by atoms with Crippen LogP contribution in [-0.2, 0) is 11.2 Å². The molecule has 0 aliphatic carbocycles. The number of pyridine rings is 1. The number of carbonyl (C=O) groups is 1. The van der Waals surface area contributed by atoms with Crippen molar-refractivity contribution in [1.29, 1.82) is 0 Å². The van der Waals surface area contributed by atoms with E-state index in [0.29, 0.717) is 40.8 Å². The van der Waals surface area contributed by atoms with Crippen LogP contribution in [0.2, 0.25) is 0 Å². The molecule has 0 spiro atoms. The van der Waals surface area contributed by atoms with E-state index in [9.17, 15) is 9.59 Å². The van der Waals surface area contributed by atoms with Gasteiger partial charge in [-0.2, -0.15) is 0 Å². The third kappa shape index (κ3) is 3.66. The summed E-state index contributed by atoms with van der Waals surface area (Å²) in [6.07, 6.45) is 4.32. The molecule has 0 atom stereocenters. The zero-order valence-electron chi connectivity index (χ0n) is 16.6.